The van der Waals surface area contributed by atoms with E-state index in [1.54, 1.807) is 20.2 Å². The van der Waals surface area contributed by atoms with Crippen molar-refractivity contribution in [2.24, 2.45) is 11.8 Å². The molecule has 1 aliphatic carbocycles. The van der Waals surface area contributed by atoms with Gasteiger partial charge in [0, 0.05) is 41.7 Å². The fourth-order valence-corrected chi connectivity index (χ4v) is 8.27. The van der Waals surface area contributed by atoms with E-state index >= 15 is 0 Å². The zero-order valence-corrected chi connectivity index (χ0v) is 34.0. The third-order valence-corrected chi connectivity index (χ3v) is 11.2. The van der Waals surface area contributed by atoms with E-state index in [4.69, 9.17) is 21.1 Å². The number of likely N-dealkylation sites (N-methyl/N-ethyl adjacent to an activating group) is 2. The highest BCUT2D eigenvalue weighted by Gasteiger charge is 2.46. The largest absolute Gasteiger partial charge is 0.448 e. The molecular formula is C48H51ClN2O5. The van der Waals surface area contributed by atoms with Gasteiger partial charge in [0.2, 0.25) is 5.91 Å². The molecule has 0 saturated carbocycles. The van der Waals surface area contributed by atoms with Crippen LogP contribution in [0.3, 0.4) is 0 Å². The SMILES string of the molecule is Cc1ccc(C(OC(=O)[C@H](CC(C)C)N(C)C(=O)C(C(C)C)N(C)C(=O)OCC2c3ccccc3-c3ccccc32)(c2ccccc2)c2ccccc2Cl)cc1. The summed E-state index contributed by atoms with van der Waals surface area (Å²) in [5, 5.41) is 0.430. The fourth-order valence-electron chi connectivity index (χ4n) is 8.01. The predicted molar refractivity (Wildman–Crippen MR) is 223 cm³/mol. The van der Waals surface area contributed by atoms with Gasteiger partial charge in [0.25, 0.3) is 0 Å². The number of halogens is 1. The van der Waals surface area contributed by atoms with E-state index in [1.807, 2.05) is 132 Å². The molecule has 56 heavy (non-hydrogen) atoms. The minimum Gasteiger partial charge on any atom is -0.448 e. The van der Waals surface area contributed by atoms with Gasteiger partial charge in [-0.15, -0.1) is 0 Å². The normalized spacial score (nSPS) is 14.3. The highest BCUT2D eigenvalue weighted by molar-refractivity contribution is 6.31. The number of ether oxygens (including phenoxy) is 2. The molecule has 2 amide bonds. The molecule has 0 spiro atoms. The number of hydrogen-bond donors (Lipinski definition) is 0. The number of hydrogen-bond acceptors (Lipinski definition) is 5. The van der Waals surface area contributed by atoms with Gasteiger partial charge in [-0.2, -0.15) is 0 Å². The quantitative estimate of drug-likeness (QED) is 0.0880. The maximum absolute atomic E-state index is 14.9. The Labute approximate surface area is 336 Å². The number of rotatable bonds is 13. The predicted octanol–water partition coefficient (Wildman–Crippen LogP) is 10.3. The summed E-state index contributed by atoms with van der Waals surface area (Å²) in [6.07, 6.45) is -0.293. The first kappa shape index (κ1) is 40.3. The summed E-state index contributed by atoms with van der Waals surface area (Å²) >= 11 is 6.95. The number of carbonyl (C=O) groups excluding carboxylic acids is 3. The van der Waals surface area contributed by atoms with E-state index in [2.05, 4.69) is 24.3 Å². The highest BCUT2D eigenvalue weighted by atomic mass is 35.5. The molecular weight excluding hydrogens is 720 g/mol. The minimum absolute atomic E-state index is 0.0194. The van der Waals surface area contributed by atoms with Crippen LogP contribution in [0.1, 0.15) is 73.4 Å². The van der Waals surface area contributed by atoms with Gasteiger partial charge in [-0.3, -0.25) is 9.69 Å². The van der Waals surface area contributed by atoms with E-state index in [0.29, 0.717) is 28.1 Å². The van der Waals surface area contributed by atoms with E-state index < -0.39 is 35.7 Å². The summed E-state index contributed by atoms with van der Waals surface area (Å²) in [5.74, 6) is -1.39. The van der Waals surface area contributed by atoms with Crippen LogP contribution in [0.4, 0.5) is 4.79 Å². The van der Waals surface area contributed by atoms with Gasteiger partial charge >= 0.3 is 12.1 Å². The van der Waals surface area contributed by atoms with Gasteiger partial charge < -0.3 is 14.4 Å². The molecule has 5 aromatic carbocycles. The number of benzene rings is 5. The van der Waals surface area contributed by atoms with Crippen LogP contribution in [0, 0.1) is 18.8 Å². The molecule has 0 heterocycles. The number of carbonyl (C=O) groups is 3. The second-order valence-corrected chi connectivity index (χ2v) is 15.9. The van der Waals surface area contributed by atoms with E-state index in [9.17, 15) is 14.4 Å². The molecule has 5 aromatic rings. The summed E-state index contributed by atoms with van der Waals surface area (Å²) in [6.45, 7) is 9.89. The lowest BCUT2D eigenvalue weighted by atomic mass is 9.79. The molecule has 0 radical (unpaired) electrons. The molecule has 3 atom stereocenters. The standard InChI is InChI=1S/C48H51ClN2O5/c1-31(2)29-43(46(53)56-48(34-17-9-8-10-18-34,35-27-25-33(5)26-28-35)41-23-15-16-24-42(41)49)50(6)45(52)44(32(3)4)51(7)47(54)55-30-40-38-21-13-11-19-36(38)37-20-12-14-22-39(37)40/h8-28,31-32,40,43-44H,29-30H2,1-7H3/t43-,44?,48?/m0/s1. The fraction of sp³-hybridized carbons (Fsp3) is 0.312. The number of nitrogens with zero attached hydrogens (tertiary/aromatic N) is 2. The van der Waals surface area contributed by atoms with Crippen LogP contribution in [0.5, 0.6) is 0 Å². The van der Waals surface area contributed by atoms with Crippen LogP contribution in [0.25, 0.3) is 11.1 Å². The van der Waals surface area contributed by atoms with E-state index in [1.165, 1.54) is 9.80 Å². The maximum Gasteiger partial charge on any atom is 0.410 e. The summed E-state index contributed by atoms with van der Waals surface area (Å²) in [5.41, 5.74) is 6.08. The Balaban J connectivity index is 1.30. The number of amides is 2. The highest BCUT2D eigenvalue weighted by Crippen LogP contribution is 2.46. The second-order valence-electron chi connectivity index (χ2n) is 15.5. The van der Waals surface area contributed by atoms with Crippen molar-refractivity contribution in [2.45, 2.75) is 64.6 Å². The Kier molecular flexibility index (Phi) is 12.3. The van der Waals surface area contributed by atoms with Crippen molar-refractivity contribution in [1.82, 2.24) is 9.80 Å². The van der Waals surface area contributed by atoms with Crippen molar-refractivity contribution in [3.63, 3.8) is 0 Å². The maximum atomic E-state index is 14.9. The van der Waals surface area contributed by atoms with Crippen molar-refractivity contribution in [2.75, 3.05) is 20.7 Å². The molecule has 290 valence electrons. The zero-order valence-electron chi connectivity index (χ0n) is 33.2. The van der Waals surface area contributed by atoms with Crippen molar-refractivity contribution in [3.8, 4) is 11.1 Å². The lowest BCUT2D eigenvalue weighted by Crippen LogP contribution is -2.56. The molecule has 0 aromatic heterocycles. The first-order valence-corrected chi connectivity index (χ1v) is 19.7. The summed E-state index contributed by atoms with van der Waals surface area (Å²) in [7, 11) is 3.20. The summed E-state index contributed by atoms with van der Waals surface area (Å²) < 4.78 is 12.8. The van der Waals surface area contributed by atoms with Crippen LogP contribution in [0.15, 0.2) is 127 Å². The topological polar surface area (TPSA) is 76.2 Å². The number of esters is 1. The lowest BCUT2D eigenvalue weighted by molar-refractivity contribution is -0.164. The molecule has 0 N–H and O–H groups in total. The lowest BCUT2D eigenvalue weighted by Gasteiger charge is -2.40. The second kappa shape index (κ2) is 17.2. The smallest absolute Gasteiger partial charge is 0.410 e. The Morgan fingerprint density at radius 3 is 1.80 bits per heavy atom. The molecule has 0 fully saturated rings. The van der Waals surface area contributed by atoms with E-state index in [-0.39, 0.29) is 24.4 Å². The monoisotopic (exact) mass is 770 g/mol. The molecule has 8 heteroatoms. The van der Waals surface area contributed by atoms with Crippen LogP contribution in [0.2, 0.25) is 5.02 Å². The summed E-state index contributed by atoms with van der Waals surface area (Å²) in [4.78, 5) is 46.2. The van der Waals surface area contributed by atoms with Crippen LogP contribution in [-0.4, -0.2) is 60.6 Å². The molecule has 0 bridgehead atoms. The van der Waals surface area contributed by atoms with Gasteiger partial charge in [-0.1, -0.05) is 166 Å². The van der Waals surface area contributed by atoms with Crippen molar-refractivity contribution in [1.29, 1.82) is 0 Å². The number of fused-ring (bicyclic) bond motifs is 3. The van der Waals surface area contributed by atoms with E-state index in [0.717, 1.165) is 27.8 Å². The van der Waals surface area contributed by atoms with Crippen molar-refractivity contribution >= 4 is 29.6 Å². The average Bonchev–Trinajstić information content (AvgIpc) is 3.51. The minimum atomic E-state index is -1.45. The Morgan fingerprint density at radius 1 is 0.696 bits per heavy atom. The first-order chi connectivity index (χ1) is 26.8. The third kappa shape index (κ3) is 7.96. The van der Waals surface area contributed by atoms with Crippen molar-refractivity contribution < 1.29 is 23.9 Å². The first-order valence-electron chi connectivity index (χ1n) is 19.3. The van der Waals surface area contributed by atoms with Gasteiger partial charge in [0.1, 0.15) is 18.7 Å². The van der Waals surface area contributed by atoms with Crippen molar-refractivity contribution in [3.05, 3.63) is 166 Å². The Morgan fingerprint density at radius 2 is 1.23 bits per heavy atom. The van der Waals surface area contributed by atoms with Gasteiger partial charge in [0.05, 0.1) is 0 Å². The van der Waals surface area contributed by atoms with Gasteiger partial charge in [0.15, 0.2) is 5.60 Å². The molecule has 1 aliphatic rings. The molecule has 7 nitrogen and oxygen atoms in total. The van der Waals surface area contributed by atoms with Gasteiger partial charge in [-0.25, -0.2) is 9.59 Å². The molecule has 0 saturated heterocycles. The van der Waals surface area contributed by atoms with Crippen LogP contribution < -0.4 is 0 Å². The average molecular weight is 771 g/mol. The van der Waals surface area contributed by atoms with Crippen LogP contribution >= 0.6 is 11.6 Å². The molecule has 0 aliphatic heterocycles. The molecule has 6 rings (SSSR count). The number of aryl methyl sites for hydroxylation is 1. The molecule has 2 unspecified atom stereocenters. The Bertz CT molecular complexity index is 2120. The summed E-state index contributed by atoms with van der Waals surface area (Å²) in [6, 6.07) is 39.2. The third-order valence-electron chi connectivity index (χ3n) is 10.9. The zero-order chi connectivity index (χ0) is 40.1. The van der Waals surface area contributed by atoms with Gasteiger partial charge in [-0.05, 0) is 53.5 Å². The Hall–Kier alpha value is -5.40. The van der Waals surface area contributed by atoms with Crippen LogP contribution in [-0.2, 0) is 24.7 Å².